The third-order valence-corrected chi connectivity index (χ3v) is 5.25. The molecule has 0 saturated carbocycles. The number of carbonyl (C=O) groups excluding carboxylic acids is 1. The predicted molar refractivity (Wildman–Crippen MR) is 93.1 cm³/mol. The average Bonchev–Trinajstić information content (AvgIpc) is 3.06. The summed E-state index contributed by atoms with van der Waals surface area (Å²) in [4.78, 5) is 16.1. The van der Waals surface area contributed by atoms with Gasteiger partial charge in [0.15, 0.2) is 6.10 Å². The summed E-state index contributed by atoms with van der Waals surface area (Å²) in [5.74, 6) is 0.977. The molecule has 136 valence electrons. The van der Waals surface area contributed by atoms with Gasteiger partial charge in [0.05, 0.1) is 13.2 Å². The number of piperazine rings is 1. The molecule has 0 radical (unpaired) electrons. The molecule has 2 heterocycles. The van der Waals surface area contributed by atoms with Crippen molar-refractivity contribution in [2.75, 3.05) is 52.5 Å². The van der Waals surface area contributed by atoms with Crippen LogP contribution in [0, 0.1) is 0 Å². The van der Waals surface area contributed by atoms with E-state index >= 15 is 0 Å². The van der Waals surface area contributed by atoms with Crippen LogP contribution in [-0.2, 0) is 22.3 Å². The van der Waals surface area contributed by atoms with Gasteiger partial charge in [-0.1, -0.05) is 6.07 Å². The Balaban J connectivity index is 1.16. The van der Waals surface area contributed by atoms with Gasteiger partial charge in [-0.25, -0.2) is 4.79 Å². The van der Waals surface area contributed by atoms with Crippen LogP contribution < -0.4 is 4.74 Å². The fraction of sp³-hybridized carbons (Fsp3) is 0.632. The van der Waals surface area contributed by atoms with Crippen molar-refractivity contribution < 1.29 is 19.0 Å². The lowest BCUT2D eigenvalue weighted by Gasteiger charge is -2.35. The molecule has 3 aliphatic rings. The average molecular weight is 346 g/mol. The lowest BCUT2D eigenvalue weighted by Crippen LogP contribution is -2.51. The monoisotopic (exact) mass is 346 g/mol. The SMILES string of the molecule is O=C(OC1COC1)N1CCN(CCOc2ccc3c(c2)CCC3)CC1. The molecular weight excluding hydrogens is 320 g/mol. The number of amides is 1. The van der Waals surface area contributed by atoms with Gasteiger partial charge in [-0.3, -0.25) is 4.90 Å². The smallest absolute Gasteiger partial charge is 0.410 e. The van der Waals surface area contributed by atoms with Crippen molar-refractivity contribution in [3.8, 4) is 5.75 Å². The van der Waals surface area contributed by atoms with Crippen molar-refractivity contribution in [2.24, 2.45) is 0 Å². The molecule has 25 heavy (non-hydrogen) atoms. The zero-order valence-corrected chi connectivity index (χ0v) is 14.6. The van der Waals surface area contributed by atoms with E-state index in [0.29, 0.717) is 32.9 Å². The Morgan fingerprint density at radius 2 is 1.92 bits per heavy atom. The van der Waals surface area contributed by atoms with Crippen molar-refractivity contribution in [3.63, 3.8) is 0 Å². The summed E-state index contributed by atoms with van der Waals surface area (Å²) < 4.78 is 16.3. The molecule has 2 aliphatic heterocycles. The fourth-order valence-electron chi connectivity index (χ4n) is 3.58. The van der Waals surface area contributed by atoms with E-state index < -0.39 is 0 Å². The summed E-state index contributed by atoms with van der Waals surface area (Å²) in [6.07, 6.45) is 3.39. The first-order valence-corrected chi connectivity index (χ1v) is 9.28. The minimum Gasteiger partial charge on any atom is -0.492 e. The first-order valence-electron chi connectivity index (χ1n) is 9.28. The third-order valence-electron chi connectivity index (χ3n) is 5.25. The standard InChI is InChI=1S/C19H26N2O4/c22-19(25-18-13-23-14-18)21-8-6-20(7-9-21)10-11-24-17-5-4-15-2-1-3-16(15)12-17/h4-5,12,18H,1-3,6-11,13-14H2. The summed E-state index contributed by atoms with van der Waals surface area (Å²) in [5.41, 5.74) is 2.92. The number of nitrogens with zero attached hydrogens (tertiary/aromatic N) is 2. The zero-order chi connectivity index (χ0) is 17.1. The lowest BCUT2D eigenvalue weighted by molar-refractivity contribution is -0.106. The topological polar surface area (TPSA) is 51.2 Å². The number of rotatable bonds is 5. The molecule has 1 aliphatic carbocycles. The van der Waals surface area contributed by atoms with E-state index in [2.05, 4.69) is 23.1 Å². The Bertz CT molecular complexity index is 609. The Kier molecular flexibility index (Phi) is 5.08. The van der Waals surface area contributed by atoms with Crippen LogP contribution in [0.2, 0.25) is 0 Å². The highest BCUT2D eigenvalue weighted by Gasteiger charge is 2.27. The van der Waals surface area contributed by atoms with Crippen molar-refractivity contribution in [3.05, 3.63) is 29.3 Å². The van der Waals surface area contributed by atoms with Crippen LogP contribution in [-0.4, -0.2) is 74.5 Å². The van der Waals surface area contributed by atoms with Gasteiger partial charge in [-0.05, 0) is 42.5 Å². The van der Waals surface area contributed by atoms with E-state index in [-0.39, 0.29) is 12.2 Å². The number of carbonyl (C=O) groups is 1. The van der Waals surface area contributed by atoms with Crippen molar-refractivity contribution >= 4 is 6.09 Å². The van der Waals surface area contributed by atoms with Gasteiger partial charge in [0.1, 0.15) is 12.4 Å². The lowest BCUT2D eigenvalue weighted by atomic mass is 10.1. The Morgan fingerprint density at radius 3 is 2.68 bits per heavy atom. The van der Waals surface area contributed by atoms with E-state index in [1.54, 1.807) is 4.90 Å². The van der Waals surface area contributed by atoms with Gasteiger partial charge in [0.25, 0.3) is 0 Å². The third kappa shape index (κ3) is 4.07. The number of hydrogen-bond donors (Lipinski definition) is 0. The van der Waals surface area contributed by atoms with Crippen LogP contribution in [0.15, 0.2) is 18.2 Å². The molecule has 0 atom stereocenters. The molecule has 2 saturated heterocycles. The van der Waals surface area contributed by atoms with Gasteiger partial charge in [0.2, 0.25) is 0 Å². The normalized spacial score (nSPS) is 20.9. The molecule has 0 unspecified atom stereocenters. The number of hydrogen-bond acceptors (Lipinski definition) is 5. The van der Waals surface area contributed by atoms with E-state index in [0.717, 1.165) is 25.4 Å². The molecule has 0 bridgehead atoms. The predicted octanol–water partition coefficient (Wildman–Crippen LogP) is 1.71. The minimum atomic E-state index is -0.206. The zero-order valence-electron chi connectivity index (χ0n) is 14.6. The summed E-state index contributed by atoms with van der Waals surface area (Å²) in [7, 11) is 0. The minimum absolute atomic E-state index is 0.0498. The van der Waals surface area contributed by atoms with Gasteiger partial charge in [-0.2, -0.15) is 0 Å². The maximum atomic E-state index is 12.0. The molecule has 1 aromatic rings. The second-order valence-electron chi connectivity index (χ2n) is 7.00. The molecule has 1 amide bonds. The van der Waals surface area contributed by atoms with E-state index in [9.17, 15) is 4.79 Å². The number of fused-ring (bicyclic) bond motifs is 1. The van der Waals surface area contributed by atoms with Gasteiger partial charge < -0.3 is 19.1 Å². The first-order chi connectivity index (χ1) is 12.3. The Morgan fingerprint density at radius 1 is 1.12 bits per heavy atom. The molecule has 2 fully saturated rings. The fourth-order valence-corrected chi connectivity index (χ4v) is 3.58. The van der Waals surface area contributed by atoms with Crippen LogP contribution in [0.25, 0.3) is 0 Å². The quantitative estimate of drug-likeness (QED) is 0.812. The highest BCUT2D eigenvalue weighted by atomic mass is 16.6. The molecule has 0 N–H and O–H groups in total. The van der Waals surface area contributed by atoms with Crippen LogP contribution in [0.4, 0.5) is 4.79 Å². The van der Waals surface area contributed by atoms with Gasteiger partial charge in [0, 0.05) is 32.7 Å². The van der Waals surface area contributed by atoms with E-state index in [1.165, 1.54) is 30.4 Å². The van der Waals surface area contributed by atoms with Crippen LogP contribution >= 0.6 is 0 Å². The van der Waals surface area contributed by atoms with E-state index in [4.69, 9.17) is 14.2 Å². The molecular formula is C19H26N2O4. The van der Waals surface area contributed by atoms with Crippen LogP contribution in [0.3, 0.4) is 0 Å². The second kappa shape index (κ2) is 7.62. The first kappa shape index (κ1) is 16.7. The second-order valence-corrected chi connectivity index (χ2v) is 7.00. The van der Waals surface area contributed by atoms with Crippen molar-refractivity contribution in [2.45, 2.75) is 25.4 Å². The number of ether oxygens (including phenoxy) is 3. The van der Waals surface area contributed by atoms with Crippen molar-refractivity contribution in [1.82, 2.24) is 9.80 Å². The highest BCUT2D eigenvalue weighted by Crippen LogP contribution is 2.26. The van der Waals surface area contributed by atoms with Crippen LogP contribution in [0.5, 0.6) is 5.75 Å². The van der Waals surface area contributed by atoms with Crippen LogP contribution in [0.1, 0.15) is 17.5 Å². The highest BCUT2D eigenvalue weighted by molar-refractivity contribution is 5.68. The number of aryl methyl sites for hydroxylation is 2. The summed E-state index contributed by atoms with van der Waals surface area (Å²) in [6, 6.07) is 6.48. The number of benzene rings is 1. The molecule has 0 spiro atoms. The van der Waals surface area contributed by atoms with E-state index in [1.807, 2.05) is 0 Å². The summed E-state index contributed by atoms with van der Waals surface area (Å²) in [5, 5.41) is 0. The molecule has 6 nitrogen and oxygen atoms in total. The largest absolute Gasteiger partial charge is 0.492 e. The molecule has 0 aromatic heterocycles. The van der Waals surface area contributed by atoms with Gasteiger partial charge >= 0.3 is 6.09 Å². The maximum absolute atomic E-state index is 12.0. The molecule has 1 aromatic carbocycles. The molecule has 4 rings (SSSR count). The Hall–Kier alpha value is -1.79. The van der Waals surface area contributed by atoms with Crippen molar-refractivity contribution in [1.29, 1.82) is 0 Å². The maximum Gasteiger partial charge on any atom is 0.410 e. The summed E-state index contributed by atoms with van der Waals surface area (Å²) in [6.45, 7) is 5.79. The van der Waals surface area contributed by atoms with Gasteiger partial charge in [-0.15, -0.1) is 0 Å². The summed E-state index contributed by atoms with van der Waals surface area (Å²) >= 11 is 0. The Labute approximate surface area is 148 Å². The molecule has 6 heteroatoms.